The van der Waals surface area contributed by atoms with Crippen molar-refractivity contribution in [3.8, 4) is 0 Å². The number of aliphatic carboxylic acids is 1. The second kappa shape index (κ2) is 9.47. The van der Waals surface area contributed by atoms with Gasteiger partial charge in [0.15, 0.2) is 0 Å². The number of hydrogen-bond donors (Lipinski definition) is 2. The van der Waals surface area contributed by atoms with Crippen LogP contribution in [0.2, 0.25) is 0 Å². The van der Waals surface area contributed by atoms with Crippen molar-refractivity contribution in [2.75, 3.05) is 18.6 Å². The summed E-state index contributed by atoms with van der Waals surface area (Å²) in [4.78, 5) is 21.1. The molecule has 1 atom stereocenters. The van der Waals surface area contributed by atoms with E-state index in [-0.39, 0.29) is 12.4 Å². The maximum Gasteiger partial charge on any atom is 0.322 e. The molecule has 0 aromatic carbocycles. The van der Waals surface area contributed by atoms with Crippen molar-refractivity contribution < 1.29 is 19.4 Å². The molecule has 94 valence electrons. The molecule has 0 aliphatic carbocycles. The highest BCUT2D eigenvalue weighted by Gasteiger charge is 2.12. The lowest BCUT2D eigenvalue weighted by Crippen LogP contribution is -2.32. The third-order valence-electron chi connectivity index (χ3n) is 2.01. The predicted molar refractivity (Wildman–Crippen MR) is 63.4 cm³/mol. The number of rotatable bonds is 9. The zero-order valence-corrected chi connectivity index (χ0v) is 10.3. The Morgan fingerprint density at radius 3 is 2.62 bits per heavy atom. The number of nitrogens with two attached hydrogens (primary N) is 1. The van der Waals surface area contributed by atoms with Gasteiger partial charge in [-0.25, -0.2) is 0 Å². The largest absolute Gasteiger partial charge is 0.481 e. The maximum absolute atomic E-state index is 10.9. The van der Waals surface area contributed by atoms with E-state index in [2.05, 4.69) is 4.74 Å². The summed E-state index contributed by atoms with van der Waals surface area (Å²) in [6.07, 6.45) is 2.40. The van der Waals surface area contributed by atoms with Gasteiger partial charge in [0.2, 0.25) is 0 Å². The Morgan fingerprint density at radius 2 is 2.06 bits per heavy atom. The lowest BCUT2D eigenvalue weighted by Gasteiger charge is -2.08. The number of hydrogen-bond acceptors (Lipinski definition) is 5. The summed E-state index contributed by atoms with van der Waals surface area (Å²) >= 11 is 1.68. The minimum atomic E-state index is -0.752. The molecule has 0 aromatic rings. The molecule has 0 aliphatic heterocycles. The second-order valence-electron chi connectivity index (χ2n) is 3.38. The summed E-state index contributed by atoms with van der Waals surface area (Å²) in [5.41, 5.74) is 5.54. The Balaban J connectivity index is 3.27. The Bertz CT molecular complexity index is 223. The maximum atomic E-state index is 10.9. The molecule has 0 aliphatic rings. The highest BCUT2D eigenvalue weighted by atomic mass is 32.2. The van der Waals surface area contributed by atoms with E-state index in [1.54, 1.807) is 11.8 Å². The number of methoxy groups -OCH3 is 1. The number of carbonyl (C=O) groups excluding carboxylic acids is 1. The molecule has 0 radical (unpaired) electrons. The fourth-order valence-corrected chi connectivity index (χ4v) is 2.09. The third-order valence-corrected chi connectivity index (χ3v) is 3.11. The van der Waals surface area contributed by atoms with E-state index in [1.807, 2.05) is 0 Å². The van der Waals surface area contributed by atoms with Crippen LogP contribution >= 0.6 is 11.8 Å². The van der Waals surface area contributed by atoms with Gasteiger partial charge in [-0.3, -0.25) is 9.59 Å². The molecule has 0 rings (SSSR count). The van der Waals surface area contributed by atoms with E-state index in [0.717, 1.165) is 17.9 Å². The summed E-state index contributed by atoms with van der Waals surface area (Å²) in [5, 5.41) is 8.40. The van der Waals surface area contributed by atoms with Crippen LogP contribution in [-0.2, 0) is 14.3 Å². The second-order valence-corrected chi connectivity index (χ2v) is 4.61. The van der Waals surface area contributed by atoms with Gasteiger partial charge in [0.05, 0.1) is 7.11 Å². The first kappa shape index (κ1) is 15.2. The van der Waals surface area contributed by atoms with E-state index < -0.39 is 12.0 Å². The number of unbranched alkanes of at least 4 members (excludes halogenated alkanes) is 1. The number of carboxylic acid groups (broad SMARTS) is 1. The van der Waals surface area contributed by atoms with Crippen LogP contribution in [0.5, 0.6) is 0 Å². The number of ether oxygens (including phenoxy) is 1. The third kappa shape index (κ3) is 8.55. The minimum absolute atomic E-state index is 0.224. The van der Waals surface area contributed by atoms with Crippen LogP contribution < -0.4 is 5.73 Å². The fraction of sp³-hybridized carbons (Fsp3) is 0.800. The van der Waals surface area contributed by atoms with Crippen LogP contribution in [0.25, 0.3) is 0 Å². The van der Waals surface area contributed by atoms with Gasteiger partial charge >= 0.3 is 11.9 Å². The van der Waals surface area contributed by atoms with Crippen LogP contribution in [0.4, 0.5) is 0 Å². The molecule has 1 unspecified atom stereocenters. The average Bonchev–Trinajstić information content (AvgIpc) is 2.25. The zero-order valence-electron chi connectivity index (χ0n) is 9.48. The minimum Gasteiger partial charge on any atom is -0.481 e. The fourth-order valence-electron chi connectivity index (χ4n) is 1.06. The van der Waals surface area contributed by atoms with Crippen molar-refractivity contribution in [1.29, 1.82) is 0 Å². The van der Waals surface area contributed by atoms with Crippen molar-refractivity contribution in [3.63, 3.8) is 0 Å². The molecule has 16 heavy (non-hydrogen) atoms. The van der Waals surface area contributed by atoms with Gasteiger partial charge < -0.3 is 15.6 Å². The van der Waals surface area contributed by atoms with Gasteiger partial charge in [0.1, 0.15) is 6.04 Å². The van der Waals surface area contributed by atoms with Crippen LogP contribution in [0.3, 0.4) is 0 Å². The Hall–Kier alpha value is -0.750. The molecule has 0 fully saturated rings. The first-order valence-corrected chi connectivity index (χ1v) is 6.36. The van der Waals surface area contributed by atoms with Crippen molar-refractivity contribution in [2.45, 2.75) is 31.7 Å². The highest BCUT2D eigenvalue weighted by molar-refractivity contribution is 7.99. The van der Waals surface area contributed by atoms with Gasteiger partial charge in [0.25, 0.3) is 0 Å². The topological polar surface area (TPSA) is 89.6 Å². The molecule has 6 heteroatoms. The lowest BCUT2D eigenvalue weighted by molar-refractivity contribution is -0.142. The quantitative estimate of drug-likeness (QED) is 0.465. The van der Waals surface area contributed by atoms with E-state index in [1.165, 1.54) is 7.11 Å². The average molecular weight is 249 g/mol. The van der Waals surface area contributed by atoms with Gasteiger partial charge in [-0.2, -0.15) is 11.8 Å². The zero-order chi connectivity index (χ0) is 12.4. The standard InChI is InChI=1S/C10H19NO4S/c1-15-10(14)8(11)5-7-16-6-3-2-4-9(12)13/h8H,2-7,11H2,1H3,(H,12,13). The Labute approximate surface area is 99.7 Å². The molecular formula is C10H19NO4S. The predicted octanol–water partition coefficient (Wildman–Crippen LogP) is 0.865. The Kier molecular flexibility index (Phi) is 9.03. The van der Waals surface area contributed by atoms with E-state index in [9.17, 15) is 9.59 Å². The molecular weight excluding hydrogens is 230 g/mol. The van der Waals surface area contributed by atoms with Crippen LogP contribution in [-0.4, -0.2) is 41.7 Å². The van der Waals surface area contributed by atoms with Crippen LogP contribution in [0.15, 0.2) is 0 Å². The number of esters is 1. The smallest absolute Gasteiger partial charge is 0.322 e. The Morgan fingerprint density at radius 1 is 1.38 bits per heavy atom. The van der Waals surface area contributed by atoms with Gasteiger partial charge in [-0.15, -0.1) is 0 Å². The molecule has 0 heterocycles. The van der Waals surface area contributed by atoms with Crippen LogP contribution in [0.1, 0.15) is 25.7 Å². The summed E-state index contributed by atoms with van der Waals surface area (Å²) in [6, 6.07) is -0.545. The summed E-state index contributed by atoms with van der Waals surface area (Å²) in [6.45, 7) is 0. The molecule has 5 nitrogen and oxygen atoms in total. The molecule has 0 saturated heterocycles. The molecule has 0 aromatic heterocycles. The summed E-state index contributed by atoms with van der Waals surface area (Å²) in [5.74, 6) is 0.564. The number of carboxylic acids is 1. The lowest BCUT2D eigenvalue weighted by atomic mass is 10.2. The molecule has 0 spiro atoms. The molecule has 3 N–H and O–H groups in total. The SMILES string of the molecule is COC(=O)C(N)CCSCCCCC(=O)O. The summed E-state index contributed by atoms with van der Waals surface area (Å²) < 4.78 is 4.50. The van der Waals surface area contributed by atoms with E-state index in [0.29, 0.717) is 12.8 Å². The van der Waals surface area contributed by atoms with Gasteiger partial charge in [-0.1, -0.05) is 0 Å². The molecule has 0 saturated carbocycles. The number of carbonyl (C=O) groups is 2. The monoisotopic (exact) mass is 249 g/mol. The van der Waals surface area contributed by atoms with Crippen LogP contribution in [0, 0.1) is 0 Å². The normalized spacial score (nSPS) is 12.1. The first-order chi connectivity index (χ1) is 7.57. The molecule has 0 bridgehead atoms. The highest BCUT2D eigenvalue weighted by Crippen LogP contribution is 2.09. The van der Waals surface area contributed by atoms with Crippen molar-refractivity contribution in [3.05, 3.63) is 0 Å². The first-order valence-electron chi connectivity index (χ1n) is 5.21. The number of thioether (sulfide) groups is 1. The van der Waals surface area contributed by atoms with Gasteiger partial charge in [0, 0.05) is 6.42 Å². The van der Waals surface area contributed by atoms with Gasteiger partial charge in [-0.05, 0) is 30.8 Å². The van der Waals surface area contributed by atoms with E-state index in [4.69, 9.17) is 10.8 Å². The summed E-state index contributed by atoms with van der Waals surface area (Å²) in [7, 11) is 1.32. The van der Waals surface area contributed by atoms with Crippen molar-refractivity contribution >= 4 is 23.7 Å². The van der Waals surface area contributed by atoms with E-state index >= 15 is 0 Å². The van der Waals surface area contributed by atoms with Crippen molar-refractivity contribution in [1.82, 2.24) is 0 Å². The molecule has 0 amide bonds. The van der Waals surface area contributed by atoms with Crippen molar-refractivity contribution in [2.24, 2.45) is 5.73 Å².